The summed E-state index contributed by atoms with van der Waals surface area (Å²) in [6.07, 6.45) is 2.72. The number of nitrogens with two attached hydrogens (primary N) is 1. The van der Waals surface area contributed by atoms with Crippen LogP contribution < -0.4 is 32.3 Å². The average molecular weight is 760 g/mol. The van der Waals surface area contributed by atoms with E-state index in [2.05, 4.69) is 26.6 Å². The molecule has 0 bridgehead atoms. The Kier molecular flexibility index (Phi) is 20.0. The predicted octanol–water partition coefficient (Wildman–Crippen LogP) is 0.253. The molecule has 54 heavy (non-hydrogen) atoms. The number of rotatable bonds is 25. The van der Waals surface area contributed by atoms with E-state index in [1.807, 2.05) is 0 Å². The van der Waals surface area contributed by atoms with Crippen molar-refractivity contribution in [2.24, 2.45) is 17.6 Å². The summed E-state index contributed by atoms with van der Waals surface area (Å²) in [7, 11) is 0. The lowest BCUT2D eigenvalue weighted by atomic mass is 10.0. The number of carbonyl (C=O) groups excluding carboxylic acids is 8. The van der Waals surface area contributed by atoms with Crippen LogP contribution in [0.25, 0.3) is 0 Å². The fourth-order valence-electron chi connectivity index (χ4n) is 4.77. The van der Waals surface area contributed by atoms with Gasteiger partial charge in [0.2, 0.25) is 23.6 Å². The molecule has 1 aromatic carbocycles. The van der Waals surface area contributed by atoms with E-state index in [0.29, 0.717) is 12.1 Å². The van der Waals surface area contributed by atoms with Crippen LogP contribution in [0.1, 0.15) is 58.9 Å². The van der Waals surface area contributed by atoms with Gasteiger partial charge in [-0.2, -0.15) is 0 Å². The molecule has 0 spiro atoms. The molecule has 0 saturated heterocycles. The van der Waals surface area contributed by atoms with Crippen LogP contribution in [0.5, 0.6) is 0 Å². The molecule has 1 unspecified atom stereocenters. The van der Waals surface area contributed by atoms with Crippen molar-refractivity contribution in [2.45, 2.75) is 72.1 Å². The average Bonchev–Trinajstić information content (AvgIpc) is 3.44. The van der Waals surface area contributed by atoms with Crippen molar-refractivity contribution in [1.82, 2.24) is 26.2 Å². The molecule has 2 atom stereocenters. The molecule has 8 amide bonds. The molecule has 0 aliphatic carbocycles. The fraction of sp³-hybridized carbons (Fsp3) is 0.556. The highest BCUT2D eigenvalue weighted by Gasteiger charge is 2.29. The lowest BCUT2D eigenvalue weighted by Gasteiger charge is -2.25. The molecule has 2 rings (SSSR count). The maximum atomic E-state index is 13.4. The Morgan fingerprint density at radius 3 is 2.02 bits per heavy atom. The Morgan fingerprint density at radius 1 is 0.759 bits per heavy atom. The molecule has 1 aromatic rings. The Labute approximate surface area is 314 Å². The first-order chi connectivity index (χ1) is 25.7. The molecule has 1 aliphatic heterocycles. The van der Waals surface area contributed by atoms with Gasteiger partial charge < -0.3 is 46.5 Å². The molecule has 1 aliphatic rings. The molecule has 0 aromatic heterocycles. The third kappa shape index (κ3) is 17.4. The van der Waals surface area contributed by atoms with Gasteiger partial charge in [-0.05, 0) is 36.5 Å². The Balaban J connectivity index is 1.76. The number of urea groups is 1. The van der Waals surface area contributed by atoms with Crippen LogP contribution in [0.2, 0.25) is 0 Å². The van der Waals surface area contributed by atoms with E-state index in [9.17, 15) is 38.4 Å². The van der Waals surface area contributed by atoms with Gasteiger partial charge in [-0.3, -0.25) is 38.5 Å². The molecule has 1 heterocycles. The summed E-state index contributed by atoms with van der Waals surface area (Å²) in [6, 6.07) is 3.98. The van der Waals surface area contributed by atoms with E-state index in [1.165, 1.54) is 0 Å². The standard InChI is InChI=1S/C36H53N7O11/c1-23(2)32(42-29(45)14-18-52-20-21-53-19-16-38-28(44)13-17-43-30(46)11-12-31(43)47)34(49)41-27(6-5-15-39-36(37)51)33(48)40-26-9-7-25(8-10-26)22-54-35(50)24(3)4/h7-12,23-24,27,32H,5-6,13-22H2,1-4H3,(H,38,44)(H,40,48)(H,41,49)(H,42,45)(H3,37,39,51)/t27-,32?/m0/s1. The van der Waals surface area contributed by atoms with Crippen molar-refractivity contribution in [3.8, 4) is 0 Å². The smallest absolute Gasteiger partial charge is 0.312 e. The van der Waals surface area contributed by atoms with Crippen molar-refractivity contribution in [3.05, 3.63) is 42.0 Å². The summed E-state index contributed by atoms with van der Waals surface area (Å²) in [5.74, 6) is -3.66. The van der Waals surface area contributed by atoms with Crippen molar-refractivity contribution in [1.29, 1.82) is 0 Å². The second-order valence-electron chi connectivity index (χ2n) is 13.0. The molecular weight excluding hydrogens is 706 g/mol. The molecule has 18 nitrogen and oxygen atoms in total. The van der Waals surface area contributed by atoms with Crippen molar-refractivity contribution >= 4 is 53.1 Å². The third-order valence-electron chi connectivity index (χ3n) is 7.82. The number of nitrogens with zero attached hydrogens (tertiary/aromatic N) is 1. The highest BCUT2D eigenvalue weighted by Crippen LogP contribution is 2.13. The van der Waals surface area contributed by atoms with Gasteiger partial charge in [0.05, 0.1) is 32.3 Å². The van der Waals surface area contributed by atoms with Crippen LogP contribution in [0.3, 0.4) is 0 Å². The number of carbonyl (C=O) groups is 8. The second-order valence-corrected chi connectivity index (χ2v) is 13.0. The Hall–Kier alpha value is -5.36. The predicted molar refractivity (Wildman–Crippen MR) is 195 cm³/mol. The van der Waals surface area contributed by atoms with Crippen LogP contribution in [-0.4, -0.2) is 110 Å². The highest BCUT2D eigenvalue weighted by atomic mass is 16.5. The summed E-state index contributed by atoms with van der Waals surface area (Å²) >= 11 is 0. The van der Waals surface area contributed by atoms with Gasteiger partial charge in [-0.15, -0.1) is 0 Å². The minimum absolute atomic E-state index is 0.00525. The lowest BCUT2D eigenvalue weighted by Crippen LogP contribution is -2.54. The molecule has 0 saturated carbocycles. The first-order valence-electron chi connectivity index (χ1n) is 17.8. The zero-order valence-electron chi connectivity index (χ0n) is 31.3. The van der Waals surface area contributed by atoms with Crippen LogP contribution in [0, 0.1) is 11.8 Å². The van der Waals surface area contributed by atoms with E-state index >= 15 is 0 Å². The molecule has 7 N–H and O–H groups in total. The quantitative estimate of drug-likeness (QED) is 0.0448. The summed E-state index contributed by atoms with van der Waals surface area (Å²) in [5, 5.41) is 13.3. The third-order valence-corrected chi connectivity index (χ3v) is 7.82. The molecule has 0 fully saturated rings. The zero-order valence-corrected chi connectivity index (χ0v) is 31.3. The minimum atomic E-state index is -1.02. The number of hydrogen-bond acceptors (Lipinski definition) is 11. The summed E-state index contributed by atoms with van der Waals surface area (Å²) in [4.78, 5) is 98.2. The van der Waals surface area contributed by atoms with Gasteiger partial charge in [0.15, 0.2) is 0 Å². The van der Waals surface area contributed by atoms with Gasteiger partial charge in [0.1, 0.15) is 18.7 Å². The first-order valence-corrected chi connectivity index (χ1v) is 17.8. The number of benzene rings is 1. The van der Waals surface area contributed by atoms with Crippen LogP contribution in [-0.2, 0) is 54.4 Å². The fourth-order valence-corrected chi connectivity index (χ4v) is 4.77. The number of esters is 1. The topological polar surface area (TPSA) is 254 Å². The summed E-state index contributed by atoms with van der Waals surface area (Å²) in [5.41, 5.74) is 6.31. The number of anilines is 1. The van der Waals surface area contributed by atoms with Crippen LogP contribution in [0.4, 0.5) is 10.5 Å². The van der Waals surface area contributed by atoms with Crippen molar-refractivity contribution < 1.29 is 52.6 Å². The van der Waals surface area contributed by atoms with Gasteiger partial charge in [-0.25, -0.2) is 4.79 Å². The number of primary amides is 1. The lowest BCUT2D eigenvalue weighted by molar-refractivity contribution is -0.148. The van der Waals surface area contributed by atoms with Gasteiger partial charge in [0.25, 0.3) is 11.8 Å². The second kappa shape index (κ2) is 24.1. The van der Waals surface area contributed by atoms with Gasteiger partial charge >= 0.3 is 12.0 Å². The number of amides is 8. The van der Waals surface area contributed by atoms with Crippen molar-refractivity contribution in [3.63, 3.8) is 0 Å². The molecular formula is C36H53N7O11. The van der Waals surface area contributed by atoms with Crippen LogP contribution in [0.15, 0.2) is 36.4 Å². The van der Waals surface area contributed by atoms with E-state index in [1.54, 1.807) is 52.0 Å². The Bertz CT molecular complexity index is 1460. The minimum Gasteiger partial charge on any atom is -0.461 e. The number of imide groups is 1. The van der Waals surface area contributed by atoms with Gasteiger partial charge in [-0.1, -0.05) is 39.8 Å². The van der Waals surface area contributed by atoms with E-state index < -0.39 is 47.7 Å². The molecule has 298 valence electrons. The maximum absolute atomic E-state index is 13.4. The Morgan fingerprint density at radius 2 is 1.41 bits per heavy atom. The van der Waals surface area contributed by atoms with Crippen LogP contribution >= 0.6 is 0 Å². The van der Waals surface area contributed by atoms with Gasteiger partial charge in [0, 0.05) is 50.3 Å². The molecule has 0 radical (unpaired) electrons. The van der Waals surface area contributed by atoms with Crippen molar-refractivity contribution in [2.75, 3.05) is 51.4 Å². The maximum Gasteiger partial charge on any atom is 0.312 e. The zero-order chi connectivity index (χ0) is 40.0. The molecule has 18 heteroatoms. The number of ether oxygens (including phenoxy) is 3. The summed E-state index contributed by atoms with van der Waals surface area (Å²) < 4.78 is 16.1. The van der Waals surface area contributed by atoms with E-state index in [4.69, 9.17) is 19.9 Å². The monoisotopic (exact) mass is 759 g/mol. The highest BCUT2D eigenvalue weighted by molar-refractivity contribution is 6.13. The van der Waals surface area contributed by atoms with E-state index in [-0.39, 0.29) is 95.6 Å². The normalized spacial score (nSPS) is 13.4. The number of hydrogen-bond donors (Lipinski definition) is 6. The van der Waals surface area contributed by atoms with E-state index in [0.717, 1.165) is 22.6 Å². The SMILES string of the molecule is CC(C)C(=O)OCc1ccc(NC(=O)[C@H](CCCNC(N)=O)NC(=O)C(NC(=O)CCOCCOCCNC(=O)CCN2C(=O)C=CC2=O)C(C)C)cc1. The largest absolute Gasteiger partial charge is 0.461 e. The first kappa shape index (κ1) is 44.8. The summed E-state index contributed by atoms with van der Waals surface area (Å²) in [6.45, 7) is 8.08. The number of nitrogens with one attached hydrogen (secondary N) is 5.